The Morgan fingerprint density at radius 3 is 1.78 bits per heavy atom. The summed E-state index contributed by atoms with van der Waals surface area (Å²) in [5, 5.41) is 0. The van der Waals surface area contributed by atoms with Gasteiger partial charge in [0.25, 0.3) is 0 Å². The first kappa shape index (κ1) is 25.7. The van der Waals surface area contributed by atoms with Crippen LogP contribution in [0.15, 0.2) is 0 Å². The van der Waals surface area contributed by atoms with E-state index in [1.165, 1.54) is 0 Å². The molecule has 0 saturated carbocycles. The molecule has 0 aliphatic carbocycles. The van der Waals surface area contributed by atoms with Crippen LogP contribution in [0.1, 0.15) is 27.2 Å². The van der Waals surface area contributed by atoms with Crippen molar-refractivity contribution in [2.24, 2.45) is 22.9 Å². The van der Waals surface area contributed by atoms with E-state index in [0.29, 0.717) is 58.9 Å². The fraction of sp³-hybridized carbons (Fsp3) is 0.882. The van der Waals surface area contributed by atoms with E-state index in [1.54, 1.807) is 20.8 Å². The lowest BCUT2D eigenvalue weighted by atomic mass is 10.1. The van der Waals surface area contributed by atoms with E-state index in [1.807, 2.05) is 4.90 Å². The number of hydrogen-bond donors (Lipinski definition) is 4. The lowest BCUT2D eigenvalue weighted by Gasteiger charge is -2.34. The largest absolute Gasteiger partial charge is 0.516 e. The van der Waals surface area contributed by atoms with Crippen LogP contribution in [0.4, 0.5) is 4.79 Å². The topological polar surface area (TPSA) is 163 Å². The van der Waals surface area contributed by atoms with Crippen LogP contribution in [-0.4, -0.2) is 92.5 Å². The van der Waals surface area contributed by atoms with Gasteiger partial charge in [-0.3, -0.25) is 14.6 Å². The number of rotatable bonds is 13. The Kier molecular flexibility index (Phi) is 13.1. The molecule has 0 heterocycles. The fourth-order valence-electron chi connectivity index (χ4n) is 2.67. The summed E-state index contributed by atoms with van der Waals surface area (Å²) in [6.07, 6.45) is -0.999. The summed E-state index contributed by atoms with van der Waals surface area (Å²) in [5.74, 6) is -0.659. The summed E-state index contributed by atoms with van der Waals surface area (Å²) in [6, 6.07) is -0.231. The average molecular weight is 391 g/mol. The minimum atomic E-state index is -1.00. The van der Waals surface area contributed by atoms with Crippen molar-refractivity contribution in [2.75, 3.05) is 58.9 Å². The van der Waals surface area contributed by atoms with E-state index in [2.05, 4.69) is 4.90 Å². The summed E-state index contributed by atoms with van der Waals surface area (Å²) in [6.45, 7) is 9.86. The van der Waals surface area contributed by atoms with Gasteiger partial charge in [-0.2, -0.15) is 0 Å². The van der Waals surface area contributed by atoms with Gasteiger partial charge in [-0.15, -0.1) is 0 Å². The Morgan fingerprint density at radius 2 is 1.37 bits per heavy atom. The molecule has 0 radical (unpaired) electrons. The smallest absolute Gasteiger partial charge is 0.428 e. The van der Waals surface area contributed by atoms with Crippen molar-refractivity contribution < 1.29 is 19.1 Å². The Bertz CT molecular complexity index is 418. The zero-order valence-corrected chi connectivity index (χ0v) is 17.0. The SMILES string of the molecule is CC(C)(C)OC(=O)OC(=O)CC(CN(CCN)CCN)N(CCN)CCN. The molecule has 0 aromatic rings. The van der Waals surface area contributed by atoms with Gasteiger partial charge >= 0.3 is 12.1 Å². The number of nitrogens with two attached hydrogens (primary N) is 4. The lowest BCUT2D eigenvalue weighted by molar-refractivity contribution is -0.143. The van der Waals surface area contributed by atoms with Gasteiger partial charge in [0, 0.05) is 64.9 Å². The molecule has 0 aromatic carbocycles. The number of carbonyl (C=O) groups is 2. The minimum absolute atomic E-state index is 0.00485. The van der Waals surface area contributed by atoms with E-state index < -0.39 is 17.7 Å². The molecular weight excluding hydrogens is 352 g/mol. The van der Waals surface area contributed by atoms with E-state index >= 15 is 0 Å². The zero-order valence-electron chi connectivity index (χ0n) is 17.0. The summed E-state index contributed by atoms with van der Waals surface area (Å²) in [4.78, 5) is 28.1. The Hall–Kier alpha value is -1.30. The van der Waals surface area contributed by atoms with Crippen LogP contribution in [0, 0.1) is 0 Å². The number of carbonyl (C=O) groups excluding carboxylic acids is 2. The van der Waals surface area contributed by atoms with Gasteiger partial charge in [-0.25, -0.2) is 4.79 Å². The molecule has 0 rings (SSSR count). The van der Waals surface area contributed by atoms with Crippen molar-refractivity contribution in [1.82, 2.24) is 9.80 Å². The molecule has 160 valence electrons. The van der Waals surface area contributed by atoms with Crippen LogP contribution < -0.4 is 22.9 Å². The molecule has 0 aliphatic heterocycles. The predicted octanol–water partition coefficient (Wildman–Crippen LogP) is -1.34. The normalized spacial score (nSPS) is 13.1. The maximum absolute atomic E-state index is 12.3. The van der Waals surface area contributed by atoms with Crippen LogP contribution in [0.3, 0.4) is 0 Å². The number of nitrogens with zero attached hydrogens (tertiary/aromatic N) is 2. The van der Waals surface area contributed by atoms with Gasteiger partial charge in [0.05, 0.1) is 6.42 Å². The summed E-state index contributed by atoms with van der Waals surface area (Å²) >= 11 is 0. The number of hydrogen-bond acceptors (Lipinski definition) is 10. The standard InChI is InChI=1S/C17H38N6O4/c1-17(2,3)27-16(25)26-15(24)12-14(23(10-6-20)11-7-21)13-22(8-4-18)9-5-19/h14H,4-13,18-21H2,1-3H3. The highest BCUT2D eigenvalue weighted by Gasteiger charge is 2.26. The van der Waals surface area contributed by atoms with Crippen molar-refractivity contribution in [3.63, 3.8) is 0 Å². The van der Waals surface area contributed by atoms with E-state index in [4.69, 9.17) is 32.4 Å². The third-order valence-electron chi connectivity index (χ3n) is 3.70. The molecule has 0 saturated heterocycles. The van der Waals surface area contributed by atoms with Crippen molar-refractivity contribution in [1.29, 1.82) is 0 Å². The highest BCUT2D eigenvalue weighted by Crippen LogP contribution is 2.11. The third-order valence-corrected chi connectivity index (χ3v) is 3.70. The predicted molar refractivity (Wildman–Crippen MR) is 105 cm³/mol. The second-order valence-corrected chi connectivity index (χ2v) is 7.29. The monoisotopic (exact) mass is 390 g/mol. The molecule has 8 N–H and O–H groups in total. The van der Waals surface area contributed by atoms with Crippen LogP contribution >= 0.6 is 0 Å². The van der Waals surface area contributed by atoms with Crippen LogP contribution in [0.2, 0.25) is 0 Å². The molecule has 10 nitrogen and oxygen atoms in total. The molecule has 0 bridgehead atoms. The Labute approximate surface area is 162 Å². The van der Waals surface area contributed by atoms with E-state index in [0.717, 1.165) is 0 Å². The van der Waals surface area contributed by atoms with Crippen LogP contribution in [0.5, 0.6) is 0 Å². The maximum Gasteiger partial charge on any atom is 0.516 e. The first-order valence-corrected chi connectivity index (χ1v) is 9.37. The lowest BCUT2D eigenvalue weighted by Crippen LogP contribution is -2.50. The first-order valence-electron chi connectivity index (χ1n) is 9.37. The summed E-state index contributed by atoms with van der Waals surface area (Å²) in [5.41, 5.74) is 22.0. The fourth-order valence-corrected chi connectivity index (χ4v) is 2.67. The molecule has 0 fully saturated rings. The highest BCUT2D eigenvalue weighted by molar-refractivity contribution is 5.82. The Balaban J connectivity index is 5.09. The first-order chi connectivity index (χ1) is 12.7. The zero-order chi connectivity index (χ0) is 20.9. The molecule has 0 spiro atoms. The summed E-state index contributed by atoms with van der Waals surface area (Å²) in [7, 11) is 0. The molecule has 1 unspecified atom stereocenters. The number of esters is 1. The van der Waals surface area contributed by atoms with Gasteiger partial charge in [0.2, 0.25) is 0 Å². The van der Waals surface area contributed by atoms with Gasteiger partial charge in [-0.1, -0.05) is 0 Å². The second-order valence-electron chi connectivity index (χ2n) is 7.29. The Morgan fingerprint density at radius 1 is 0.889 bits per heavy atom. The molecule has 0 aliphatic rings. The maximum atomic E-state index is 12.3. The van der Waals surface area contributed by atoms with Crippen molar-refractivity contribution >= 4 is 12.1 Å². The second kappa shape index (κ2) is 13.8. The van der Waals surface area contributed by atoms with E-state index in [9.17, 15) is 9.59 Å². The molecule has 0 aromatic heterocycles. The molecular formula is C17H38N6O4. The van der Waals surface area contributed by atoms with Crippen LogP contribution in [0.25, 0.3) is 0 Å². The third kappa shape index (κ3) is 12.7. The quantitative estimate of drug-likeness (QED) is 0.219. The van der Waals surface area contributed by atoms with Gasteiger partial charge in [0.15, 0.2) is 0 Å². The van der Waals surface area contributed by atoms with Crippen LogP contribution in [-0.2, 0) is 14.3 Å². The van der Waals surface area contributed by atoms with E-state index in [-0.39, 0.29) is 12.5 Å². The highest BCUT2D eigenvalue weighted by atomic mass is 16.7. The molecule has 10 heteroatoms. The van der Waals surface area contributed by atoms with Gasteiger partial charge in [0.1, 0.15) is 5.60 Å². The van der Waals surface area contributed by atoms with Gasteiger partial charge in [-0.05, 0) is 20.8 Å². The molecule has 1 atom stereocenters. The average Bonchev–Trinajstić information content (AvgIpc) is 2.52. The summed E-state index contributed by atoms with van der Waals surface area (Å²) < 4.78 is 9.83. The molecule has 0 amide bonds. The number of ether oxygens (including phenoxy) is 2. The van der Waals surface area contributed by atoms with Gasteiger partial charge < -0.3 is 32.4 Å². The van der Waals surface area contributed by atoms with Crippen molar-refractivity contribution in [3.05, 3.63) is 0 Å². The van der Waals surface area contributed by atoms with Crippen molar-refractivity contribution in [2.45, 2.75) is 38.8 Å². The molecule has 27 heavy (non-hydrogen) atoms. The minimum Gasteiger partial charge on any atom is -0.428 e. The van der Waals surface area contributed by atoms with Crippen molar-refractivity contribution in [3.8, 4) is 0 Å².